The van der Waals surface area contributed by atoms with Crippen LogP contribution in [-0.2, 0) is 0 Å². The molecule has 0 bridgehead atoms. The zero-order valence-electron chi connectivity index (χ0n) is 8.54. The Hall–Kier alpha value is -0.150. The van der Waals surface area contributed by atoms with E-state index in [0.717, 1.165) is 26.1 Å². The van der Waals surface area contributed by atoms with Crippen LogP contribution in [0.15, 0.2) is 0 Å². The molecule has 2 nitrogen and oxygen atoms in total. The molecule has 2 rings (SSSR count). The van der Waals surface area contributed by atoms with Crippen molar-refractivity contribution in [2.45, 2.75) is 25.6 Å². The van der Waals surface area contributed by atoms with E-state index in [1.165, 1.54) is 0 Å². The van der Waals surface area contributed by atoms with E-state index in [4.69, 9.17) is 0 Å². The fourth-order valence-electron chi connectivity index (χ4n) is 2.27. The van der Waals surface area contributed by atoms with E-state index in [9.17, 15) is 4.39 Å². The van der Waals surface area contributed by atoms with Crippen LogP contribution in [0.1, 0.15) is 13.3 Å². The van der Waals surface area contributed by atoms with Gasteiger partial charge in [-0.05, 0) is 25.9 Å². The van der Waals surface area contributed by atoms with Gasteiger partial charge >= 0.3 is 0 Å². The molecule has 0 spiro atoms. The molecule has 0 aliphatic carbocycles. The predicted molar refractivity (Wildman–Crippen MR) is 51.5 cm³/mol. The molecule has 0 radical (unpaired) electrons. The summed E-state index contributed by atoms with van der Waals surface area (Å²) in [6.45, 7) is 6.04. The summed E-state index contributed by atoms with van der Waals surface area (Å²) in [6.07, 6.45) is 0.432. The second kappa shape index (κ2) is 3.54. The van der Waals surface area contributed by atoms with Crippen molar-refractivity contribution in [1.82, 2.24) is 9.80 Å². The van der Waals surface area contributed by atoms with Crippen molar-refractivity contribution in [3.63, 3.8) is 0 Å². The third-order valence-corrected chi connectivity index (χ3v) is 3.46. The average Bonchev–Trinajstić information content (AvgIpc) is 2.05. The highest BCUT2D eigenvalue weighted by molar-refractivity contribution is 4.90. The number of rotatable bonds is 1. The van der Waals surface area contributed by atoms with E-state index in [1.54, 1.807) is 0 Å². The lowest BCUT2D eigenvalue weighted by atomic mass is 9.94. The maximum absolute atomic E-state index is 13.4. The van der Waals surface area contributed by atoms with Gasteiger partial charge in [-0.1, -0.05) is 6.92 Å². The van der Waals surface area contributed by atoms with Crippen molar-refractivity contribution in [3.05, 3.63) is 0 Å². The summed E-state index contributed by atoms with van der Waals surface area (Å²) in [5.41, 5.74) is 0. The van der Waals surface area contributed by atoms with Gasteiger partial charge in [0.25, 0.3) is 0 Å². The number of halogens is 1. The van der Waals surface area contributed by atoms with Gasteiger partial charge in [0.2, 0.25) is 0 Å². The lowest BCUT2D eigenvalue weighted by Crippen LogP contribution is -2.60. The molecule has 0 aromatic heterocycles. The largest absolute Gasteiger partial charge is 0.303 e. The lowest BCUT2D eigenvalue weighted by Gasteiger charge is -2.46. The zero-order chi connectivity index (χ0) is 9.42. The Bertz CT molecular complexity index is 180. The maximum Gasteiger partial charge on any atom is 0.115 e. The van der Waals surface area contributed by atoms with Gasteiger partial charge in [-0.15, -0.1) is 0 Å². The van der Waals surface area contributed by atoms with Crippen LogP contribution < -0.4 is 0 Å². The molecule has 76 valence electrons. The minimum absolute atomic E-state index is 0.272. The Morgan fingerprint density at radius 1 is 1.23 bits per heavy atom. The first-order valence-corrected chi connectivity index (χ1v) is 5.23. The van der Waals surface area contributed by atoms with Crippen molar-refractivity contribution in [3.8, 4) is 0 Å². The summed E-state index contributed by atoms with van der Waals surface area (Å²) >= 11 is 0. The first-order valence-electron chi connectivity index (χ1n) is 5.23. The molecular formula is C10H19FN2. The van der Waals surface area contributed by atoms with Gasteiger partial charge in [0, 0.05) is 25.7 Å². The molecule has 0 unspecified atom stereocenters. The molecule has 2 fully saturated rings. The van der Waals surface area contributed by atoms with E-state index in [1.807, 2.05) is 6.92 Å². The quantitative estimate of drug-likeness (QED) is 0.602. The topological polar surface area (TPSA) is 6.48 Å². The van der Waals surface area contributed by atoms with E-state index in [2.05, 4.69) is 16.8 Å². The fourth-order valence-corrected chi connectivity index (χ4v) is 2.27. The molecule has 0 saturated carbocycles. The molecule has 0 amide bonds. The first-order chi connectivity index (χ1) is 6.16. The van der Waals surface area contributed by atoms with Crippen LogP contribution >= 0.6 is 0 Å². The van der Waals surface area contributed by atoms with Crippen LogP contribution in [0.3, 0.4) is 0 Å². The van der Waals surface area contributed by atoms with Gasteiger partial charge in [0.15, 0.2) is 0 Å². The Balaban J connectivity index is 1.82. The van der Waals surface area contributed by atoms with Gasteiger partial charge in [0.1, 0.15) is 6.17 Å². The number of hydrogen-bond acceptors (Lipinski definition) is 2. The second-order valence-electron chi connectivity index (χ2n) is 4.65. The normalized spacial score (nSPS) is 39.0. The molecule has 0 aromatic carbocycles. The smallest absolute Gasteiger partial charge is 0.115 e. The third-order valence-electron chi connectivity index (χ3n) is 3.46. The van der Waals surface area contributed by atoms with E-state index in [0.29, 0.717) is 12.6 Å². The van der Waals surface area contributed by atoms with Crippen molar-refractivity contribution in [2.75, 3.05) is 33.2 Å². The standard InChI is InChI=1S/C10H19FN2/c1-8-3-4-13(7-10(8)11)9-5-12(2)6-9/h8-10H,3-7H2,1-2H3/t8-,10+/m0/s1. The van der Waals surface area contributed by atoms with E-state index < -0.39 is 6.17 Å². The summed E-state index contributed by atoms with van der Waals surface area (Å²) < 4.78 is 13.4. The average molecular weight is 186 g/mol. The minimum Gasteiger partial charge on any atom is -0.303 e. The third kappa shape index (κ3) is 1.86. The molecule has 2 atom stereocenters. The second-order valence-corrected chi connectivity index (χ2v) is 4.65. The summed E-state index contributed by atoms with van der Waals surface area (Å²) in [7, 11) is 2.12. The highest BCUT2D eigenvalue weighted by Crippen LogP contribution is 2.24. The van der Waals surface area contributed by atoms with E-state index in [-0.39, 0.29) is 5.92 Å². The SMILES string of the molecule is C[C@H]1CCN(C2CN(C)C2)C[C@H]1F. The molecular weight excluding hydrogens is 167 g/mol. The monoisotopic (exact) mass is 186 g/mol. The highest BCUT2D eigenvalue weighted by Gasteiger charge is 2.34. The number of hydrogen-bond donors (Lipinski definition) is 0. The molecule has 2 aliphatic heterocycles. The van der Waals surface area contributed by atoms with Gasteiger partial charge in [-0.25, -0.2) is 4.39 Å². The molecule has 13 heavy (non-hydrogen) atoms. The molecule has 0 aromatic rings. The number of likely N-dealkylation sites (N-methyl/N-ethyl adjacent to an activating group) is 1. The highest BCUT2D eigenvalue weighted by atomic mass is 19.1. The Labute approximate surface area is 79.7 Å². The van der Waals surface area contributed by atoms with Crippen LogP contribution in [0.2, 0.25) is 0 Å². The number of piperidine rings is 1. The van der Waals surface area contributed by atoms with Crippen LogP contribution in [0.4, 0.5) is 4.39 Å². The van der Waals surface area contributed by atoms with Crippen molar-refractivity contribution in [1.29, 1.82) is 0 Å². The van der Waals surface area contributed by atoms with Crippen LogP contribution in [0, 0.1) is 5.92 Å². The van der Waals surface area contributed by atoms with Crippen molar-refractivity contribution in [2.24, 2.45) is 5.92 Å². The Morgan fingerprint density at radius 3 is 2.46 bits per heavy atom. The molecule has 3 heteroatoms. The fraction of sp³-hybridized carbons (Fsp3) is 1.00. The maximum atomic E-state index is 13.4. The molecule has 2 saturated heterocycles. The lowest BCUT2D eigenvalue weighted by molar-refractivity contribution is -0.00000629. The molecule has 0 N–H and O–H groups in total. The summed E-state index contributed by atoms with van der Waals surface area (Å²) in [6, 6.07) is 0.635. The Morgan fingerprint density at radius 2 is 1.92 bits per heavy atom. The summed E-state index contributed by atoms with van der Waals surface area (Å²) in [5.74, 6) is 0.272. The van der Waals surface area contributed by atoms with E-state index >= 15 is 0 Å². The molecule has 2 heterocycles. The zero-order valence-corrected chi connectivity index (χ0v) is 8.54. The van der Waals surface area contributed by atoms with Gasteiger partial charge < -0.3 is 4.90 Å². The number of likely N-dealkylation sites (tertiary alicyclic amines) is 2. The summed E-state index contributed by atoms with van der Waals surface area (Å²) in [4.78, 5) is 4.61. The number of alkyl halides is 1. The molecule has 2 aliphatic rings. The summed E-state index contributed by atoms with van der Waals surface area (Å²) in [5, 5.41) is 0. The van der Waals surface area contributed by atoms with Crippen molar-refractivity contribution < 1.29 is 4.39 Å². The van der Waals surface area contributed by atoms with Gasteiger partial charge in [-0.3, -0.25) is 4.90 Å². The minimum atomic E-state index is -0.598. The van der Waals surface area contributed by atoms with Crippen LogP contribution in [-0.4, -0.2) is 55.2 Å². The van der Waals surface area contributed by atoms with Gasteiger partial charge in [0.05, 0.1) is 0 Å². The predicted octanol–water partition coefficient (Wildman–Crippen LogP) is 0.980. The van der Waals surface area contributed by atoms with Gasteiger partial charge in [-0.2, -0.15) is 0 Å². The van der Waals surface area contributed by atoms with Crippen molar-refractivity contribution >= 4 is 0 Å². The number of nitrogens with zero attached hydrogens (tertiary/aromatic N) is 2. The Kier molecular flexibility index (Phi) is 2.56. The first kappa shape index (κ1) is 9.41. The van der Waals surface area contributed by atoms with Crippen LogP contribution in [0.5, 0.6) is 0 Å². The van der Waals surface area contributed by atoms with Crippen LogP contribution in [0.25, 0.3) is 0 Å².